The second kappa shape index (κ2) is 4.54. The molecule has 0 saturated carbocycles. The van der Waals surface area contributed by atoms with Crippen molar-refractivity contribution < 1.29 is 4.42 Å². The third-order valence-corrected chi connectivity index (χ3v) is 2.70. The van der Waals surface area contributed by atoms with Crippen LogP contribution in [-0.2, 0) is 6.42 Å². The fraction of sp³-hybridized carbons (Fsp3) is 0.286. The number of furan rings is 1. The van der Waals surface area contributed by atoms with Crippen LogP contribution in [0.3, 0.4) is 0 Å². The maximum Gasteiger partial charge on any atom is 0.134 e. The molecule has 1 aromatic carbocycles. The molecule has 2 nitrogen and oxygen atoms in total. The van der Waals surface area contributed by atoms with Gasteiger partial charge in [0.15, 0.2) is 0 Å². The van der Waals surface area contributed by atoms with Crippen molar-refractivity contribution in [3.05, 3.63) is 47.7 Å². The molecule has 0 radical (unpaired) electrons. The smallest absolute Gasteiger partial charge is 0.134 e. The molecule has 2 N–H and O–H groups in total. The van der Waals surface area contributed by atoms with E-state index in [0.717, 1.165) is 23.5 Å². The summed E-state index contributed by atoms with van der Waals surface area (Å²) in [5.74, 6) is 1.72. The quantitative estimate of drug-likeness (QED) is 0.850. The molecule has 2 aromatic rings. The van der Waals surface area contributed by atoms with Gasteiger partial charge in [0.1, 0.15) is 11.5 Å². The number of aryl methyl sites for hydroxylation is 1. The Labute approximate surface area is 96.1 Å². The number of benzene rings is 1. The van der Waals surface area contributed by atoms with E-state index in [9.17, 15) is 0 Å². The van der Waals surface area contributed by atoms with Crippen molar-refractivity contribution >= 4 is 0 Å². The van der Waals surface area contributed by atoms with Crippen LogP contribution in [0, 0.1) is 0 Å². The van der Waals surface area contributed by atoms with E-state index < -0.39 is 0 Å². The third kappa shape index (κ3) is 2.17. The zero-order valence-corrected chi connectivity index (χ0v) is 9.73. The van der Waals surface area contributed by atoms with Crippen LogP contribution in [0.15, 0.2) is 40.8 Å². The Kier molecular flexibility index (Phi) is 3.11. The van der Waals surface area contributed by atoms with E-state index in [2.05, 4.69) is 31.2 Å². The lowest BCUT2D eigenvalue weighted by Crippen LogP contribution is -2.02. The minimum Gasteiger partial charge on any atom is -0.459 e. The van der Waals surface area contributed by atoms with Crippen molar-refractivity contribution in [2.24, 2.45) is 5.73 Å². The van der Waals surface area contributed by atoms with E-state index in [-0.39, 0.29) is 6.04 Å². The van der Waals surface area contributed by atoms with Crippen LogP contribution < -0.4 is 5.73 Å². The van der Waals surface area contributed by atoms with Gasteiger partial charge in [0.25, 0.3) is 0 Å². The minimum atomic E-state index is -0.0527. The summed E-state index contributed by atoms with van der Waals surface area (Å²) in [5.41, 5.74) is 8.20. The number of hydrogen-bond donors (Lipinski definition) is 1. The van der Waals surface area contributed by atoms with Crippen molar-refractivity contribution in [3.8, 4) is 11.3 Å². The van der Waals surface area contributed by atoms with Crippen LogP contribution in [0.25, 0.3) is 11.3 Å². The molecule has 0 saturated heterocycles. The molecule has 0 spiro atoms. The van der Waals surface area contributed by atoms with Crippen molar-refractivity contribution in [2.45, 2.75) is 26.3 Å². The third-order valence-electron chi connectivity index (χ3n) is 2.70. The van der Waals surface area contributed by atoms with Crippen molar-refractivity contribution in [1.82, 2.24) is 0 Å². The molecule has 1 aromatic heterocycles. The molecule has 0 aliphatic heterocycles. The fourth-order valence-electron chi connectivity index (χ4n) is 1.70. The molecule has 0 aliphatic carbocycles. The van der Waals surface area contributed by atoms with Crippen LogP contribution in [0.5, 0.6) is 0 Å². The molecule has 1 atom stereocenters. The summed E-state index contributed by atoms with van der Waals surface area (Å²) in [6, 6.07) is 12.3. The summed E-state index contributed by atoms with van der Waals surface area (Å²) < 4.78 is 5.71. The summed E-state index contributed by atoms with van der Waals surface area (Å²) in [5, 5.41) is 0. The van der Waals surface area contributed by atoms with Gasteiger partial charge in [-0.05, 0) is 37.1 Å². The van der Waals surface area contributed by atoms with E-state index in [0.29, 0.717) is 0 Å². The highest BCUT2D eigenvalue weighted by Gasteiger charge is 2.07. The Balaban J connectivity index is 2.34. The Morgan fingerprint density at radius 1 is 1.25 bits per heavy atom. The second-order valence-corrected chi connectivity index (χ2v) is 4.04. The zero-order valence-electron chi connectivity index (χ0n) is 9.73. The Bertz CT molecular complexity index is 471. The van der Waals surface area contributed by atoms with Gasteiger partial charge in [-0.2, -0.15) is 0 Å². The van der Waals surface area contributed by atoms with Gasteiger partial charge >= 0.3 is 0 Å². The van der Waals surface area contributed by atoms with E-state index in [1.807, 2.05) is 19.1 Å². The largest absolute Gasteiger partial charge is 0.459 e. The first-order valence-electron chi connectivity index (χ1n) is 5.65. The molecule has 1 unspecified atom stereocenters. The van der Waals surface area contributed by atoms with Crippen molar-refractivity contribution in [1.29, 1.82) is 0 Å². The van der Waals surface area contributed by atoms with Crippen LogP contribution in [-0.4, -0.2) is 0 Å². The normalized spacial score (nSPS) is 12.7. The number of nitrogens with two attached hydrogens (primary N) is 1. The highest BCUT2D eigenvalue weighted by molar-refractivity contribution is 5.58. The standard InChI is InChI=1S/C14H17NO/c1-3-11-5-4-6-12(9-11)14-8-7-13(16-14)10(2)15/h4-10H,3,15H2,1-2H3. The Hall–Kier alpha value is -1.54. The molecule has 0 aliphatic rings. The molecule has 2 heteroatoms. The molecular formula is C14H17NO. The molecule has 2 rings (SSSR count). The van der Waals surface area contributed by atoms with E-state index in [4.69, 9.17) is 10.2 Å². The van der Waals surface area contributed by atoms with Crippen LogP contribution >= 0.6 is 0 Å². The lowest BCUT2D eigenvalue weighted by Gasteiger charge is -2.02. The van der Waals surface area contributed by atoms with Gasteiger partial charge in [-0.3, -0.25) is 0 Å². The first kappa shape index (κ1) is 11.0. The highest BCUT2D eigenvalue weighted by atomic mass is 16.3. The Morgan fingerprint density at radius 2 is 2.06 bits per heavy atom. The van der Waals surface area contributed by atoms with Gasteiger partial charge in [-0.25, -0.2) is 0 Å². The first-order valence-corrected chi connectivity index (χ1v) is 5.65. The van der Waals surface area contributed by atoms with Crippen molar-refractivity contribution in [3.63, 3.8) is 0 Å². The van der Waals surface area contributed by atoms with Crippen LogP contribution in [0.4, 0.5) is 0 Å². The van der Waals surface area contributed by atoms with Gasteiger partial charge in [0, 0.05) is 5.56 Å². The summed E-state index contributed by atoms with van der Waals surface area (Å²) in [7, 11) is 0. The topological polar surface area (TPSA) is 39.2 Å². The maximum absolute atomic E-state index is 5.77. The van der Waals surface area contributed by atoms with Crippen LogP contribution in [0.2, 0.25) is 0 Å². The zero-order chi connectivity index (χ0) is 11.5. The average Bonchev–Trinajstić information content (AvgIpc) is 2.78. The summed E-state index contributed by atoms with van der Waals surface area (Å²) in [4.78, 5) is 0. The molecule has 0 amide bonds. The van der Waals surface area contributed by atoms with E-state index in [1.54, 1.807) is 0 Å². The summed E-state index contributed by atoms with van der Waals surface area (Å²) in [6.45, 7) is 4.07. The Morgan fingerprint density at radius 3 is 2.69 bits per heavy atom. The second-order valence-electron chi connectivity index (χ2n) is 4.04. The molecule has 16 heavy (non-hydrogen) atoms. The van der Waals surface area contributed by atoms with Gasteiger partial charge < -0.3 is 10.2 Å². The molecule has 1 heterocycles. The maximum atomic E-state index is 5.77. The van der Waals surface area contributed by atoms with Gasteiger partial charge in [0.05, 0.1) is 6.04 Å². The monoisotopic (exact) mass is 215 g/mol. The molecular weight excluding hydrogens is 198 g/mol. The lowest BCUT2D eigenvalue weighted by atomic mass is 10.1. The lowest BCUT2D eigenvalue weighted by molar-refractivity contribution is 0.491. The number of rotatable bonds is 3. The first-order chi connectivity index (χ1) is 7.70. The molecule has 0 bridgehead atoms. The SMILES string of the molecule is CCc1cccc(-c2ccc(C(C)N)o2)c1. The average molecular weight is 215 g/mol. The van der Waals surface area contributed by atoms with Gasteiger partial charge in [-0.1, -0.05) is 25.1 Å². The van der Waals surface area contributed by atoms with E-state index in [1.165, 1.54) is 5.56 Å². The predicted molar refractivity (Wildman–Crippen MR) is 66.1 cm³/mol. The van der Waals surface area contributed by atoms with E-state index >= 15 is 0 Å². The molecule has 0 fully saturated rings. The predicted octanol–water partition coefficient (Wildman–Crippen LogP) is 3.53. The van der Waals surface area contributed by atoms with Gasteiger partial charge in [-0.15, -0.1) is 0 Å². The molecule has 84 valence electrons. The summed E-state index contributed by atoms with van der Waals surface area (Å²) in [6.07, 6.45) is 1.04. The summed E-state index contributed by atoms with van der Waals surface area (Å²) >= 11 is 0. The van der Waals surface area contributed by atoms with Crippen LogP contribution in [0.1, 0.15) is 31.2 Å². The van der Waals surface area contributed by atoms with Gasteiger partial charge in [0.2, 0.25) is 0 Å². The fourth-order valence-corrected chi connectivity index (χ4v) is 1.70. The number of hydrogen-bond acceptors (Lipinski definition) is 2. The minimum absolute atomic E-state index is 0.0527. The highest BCUT2D eigenvalue weighted by Crippen LogP contribution is 2.25. The van der Waals surface area contributed by atoms with Crippen molar-refractivity contribution in [2.75, 3.05) is 0 Å².